The third kappa shape index (κ3) is 3.46. The molecule has 0 aromatic carbocycles. The van der Waals surface area contributed by atoms with Crippen molar-refractivity contribution in [3.63, 3.8) is 0 Å². The highest BCUT2D eigenvalue weighted by molar-refractivity contribution is 9.11. The second-order valence-electron chi connectivity index (χ2n) is 3.99. The van der Waals surface area contributed by atoms with E-state index in [0.29, 0.717) is 5.69 Å². The number of aromatic amines is 1. The van der Waals surface area contributed by atoms with Crippen LogP contribution >= 0.6 is 38.6 Å². The molecule has 1 amide bonds. The Labute approximate surface area is 136 Å². The van der Waals surface area contributed by atoms with E-state index in [4.69, 9.17) is 0 Å². The van der Waals surface area contributed by atoms with Gasteiger partial charge in [-0.2, -0.15) is 10.2 Å². The van der Waals surface area contributed by atoms with E-state index in [-0.39, 0.29) is 5.91 Å². The van der Waals surface area contributed by atoms with E-state index in [9.17, 15) is 4.79 Å². The number of H-pyrrole nitrogens is 1. The van der Waals surface area contributed by atoms with Gasteiger partial charge in [0, 0.05) is 4.88 Å². The third-order valence-electron chi connectivity index (χ3n) is 2.55. The number of amides is 1. The predicted molar refractivity (Wildman–Crippen MR) is 89.0 cm³/mol. The van der Waals surface area contributed by atoms with Gasteiger partial charge in [-0.15, -0.1) is 22.7 Å². The number of hydrazone groups is 1. The Balaban J connectivity index is 1.67. The van der Waals surface area contributed by atoms with Crippen molar-refractivity contribution in [2.75, 3.05) is 0 Å². The highest BCUT2D eigenvalue weighted by Gasteiger charge is 2.11. The molecule has 0 saturated heterocycles. The van der Waals surface area contributed by atoms with Crippen LogP contribution in [0.2, 0.25) is 0 Å². The standard InChI is InChI=1S/C13H9BrN4OS2/c14-12-4-3-11(21-12)9-6-10(17-16-9)13(19)18-15-7-8-2-1-5-20-8/h1-7H,(H,16,17)(H,18,19)/b15-7+. The third-order valence-corrected chi connectivity index (χ3v) is 5.01. The summed E-state index contributed by atoms with van der Waals surface area (Å²) in [6, 6.07) is 9.45. The summed E-state index contributed by atoms with van der Waals surface area (Å²) in [4.78, 5) is 13.9. The first kappa shape index (κ1) is 14.2. The second kappa shape index (κ2) is 6.33. The Hall–Kier alpha value is -1.77. The summed E-state index contributed by atoms with van der Waals surface area (Å²) in [6.45, 7) is 0. The number of thiophene rings is 2. The molecule has 0 saturated carbocycles. The van der Waals surface area contributed by atoms with Gasteiger partial charge in [0.2, 0.25) is 0 Å². The number of hydrogen-bond donors (Lipinski definition) is 2. The van der Waals surface area contributed by atoms with Crippen molar-refractivity contribution in [3.05, 3.63) is 50.1 Å². The lowest BCUT2D eigenvalue weighted by Gasteiger charge is -1.93. The van der Waals surface area contributed by atoms with Crippen LogP contribution in [0, 0.1) is 0 Å². The maximum atomic E-state index is 11.9. The summed E-state index contributed by atoms with van der Waals surface area (Å²) in [5.41, 5.74) is 3.56. The highest BCUT2D eigenvalue weighted by Crippen LogP contribution is 2.30. The zero-order chi connectivity index (χ0) is 14.7. The number of hydrogen-bond acceptors (Lipinski definition) is 5. The van der Waals surface area contributed by atoms with E-state index in [1.165, 1.54) is 0 Å². The first-order valence-electron chi connectivity index (χ1n) is 5.90. The SMILES string of the molecule is O=C(N/N=C/c1cccs1)c1cc(-c2ccc(Br)s2)[nH]n1. The zero-order valence-corrected chi connectivity index (χ0v) is 13.8. The number of rotatable bonds is 4. The van der Waals surface area contributed by atoms with Crippen molar-refractivity contribution in [2.45, 2.75) is 0 Å². The fourth-order valence-corrected chi connectivity index (χ4v) is 3.54. The summed E-state index contributed by atoms with van der Waals surface area (Å²) in [5.74, 6) is -0.346. The Kier molecular flexibility index (Phi) is 4.28. The maximum absolute atomic E-state index is 11.9. The van der Waals surface area contributed by atoms with E-state index in [0.717, 1.165) is 19.2 Å². The summed E-state index contributed by atoms with van der Waals surface area (Å²) >= 11 is 6.52. The largest absolute Gasteiger partial charge is 0.291 e. The van der Waals surface area contributed by atoms with Gasteiger partial charge in [-0.1, -0.05) is 6.07 Å². The molecule has 3 rings (SSSR count). The van der Waals surface area contributed by atoms with E-state index in [1.807, 2.05) is 29.6 Å². The number of aromatic nitrogens is 2. The van der Waals surface area contributed by atoms with Crippen LogP contribution in [0.1, 0.15) is 15.4 Å². The molecular formula is C13H9BrN4OS2. The first-order valence-corrected chi connectivity index (χ1v) is 8.39. The topological polar surface area (TPSA) is 70.1 Å². The fraction of sp³-hybridized carbons (Fsp3) is 0. The molecule has 21 heavy (non-hydrogen) atoms. The average molecular weight is 381 g/mol. The smallest absolute Gasteiger partial charge is 0.276 e. The number of carbonyl (C=O) groups is 1. The van der Waals surface area contributed by atoms with Crippen LogP contribution in [-0.2, 0) is 0 Å². The van der Waals surface area contributed by atoms with Crippen LogP contribution in [-0.4, -0.2) is 22.3 Å². The van der Waals surface area contributed by atoms with Gasteiger partial charge >= 0.3 is 0 Å². The monoisotopic (exact) mass is 380 g/mol. The van der Waals surface area contributed by atoms with Gasteiger partial charge in [0.05, 0.1) is 20.6 Å². The van der Waals surface area contributed by atoms with E-state index in [2.05, 4.69) is 36.7 Å². The van der Waals surface area contributed by atoms with Gasteiger partial charge < -0.3 is 0 Å². The van der Waals surface area contributed by atoms with Crippen LogP contribution in [0.25, 0.3) is 10.6 Å². The minimum atomic E-state index is -0.346. The Bertz CT molecular complexity index is 776. The average Bonchev–Trinajstić information content (AvgIpc) is 3.19. The summed E-state index contributed by atoms with van der Waals surface area (Å²) in [5, 5.41) is 12.7. The van der Waals surface area contributed by atoms with Crippen LogP contribution in [0.15, 0.2) is 44.6 Å². The van der Waals surface area contributed by atoms with Crippen molar-refractivity contribution in [2.24, 2.45) is 5.10 Å². The van der Waals surface area contributed by atoms with Crippen LogP contribution < -0.4 is 5.43 Å². The summed E-state index contributed by atoms with van der Waals surface area (Å²) in [7, 11) is 0. The van der Waals surface area contributed by atoms with Gasteiger partial charge in [0.1, 0.15) is 0 Å². The second-order valence-corrected chi connectivity index (χ2v) is 7.43. The van der Waals surface area contributed by atoms with Gasteiger partial charge in [0.15, 0.2) is 5.69 Å². The summed E-state index contributed by atoms with van der Waals surface area (Å²) < 4.78 is 1.03. The number of carbonyl (C=O) groups excluding carboxylic acids is 1. The quantitative estimate of drug-likeness (QED) is 0.534. The normalized spacial score (nSPS) is 11.1. The Morgan fingerprint density at radius 2 is 2.33 bits per heavy atom. The lowest BCUT2D eigenvalue weighted by Crippen LogP contribution is -2.17. The predicted octanol–water partition coefficient (Wildman–Crippen LogP) is 3.73. The van der Waals surface area contributed by atoms with Crippen molar-refractivity contribution in [1.29, 1.82) is 0 Å². The molecule has 0 spiro atoms. The van der Waals surface area contributed by atoms with Crippen molar-refractivity contribution >= 4 is 50.7 Å². The molecule has 0 atom stereocenters. The van der Waals surface area contributed by atoms with Crippen LogP contribution in [0.4, 0.5) is 0 Å². The minimum absolute atomic E-state index is 0.304. The molecule has 0 unspecified atom stereocenters. The summed E-state index contributed by atoms with van der Waals surface area (Å²) in [6.07, 6.45) is 1.60. The zero-order valence-electron chi connectivity index (χ0n) is 10.5. The van der Waals surface area contributed by atoms with Gasteiger partial charge in [0.25, 0.3) is 5.91 Å². The Morgan fingerprint density at radius 1 is 1.43 bits per heavy atom. The minimum Gasteiger partial charge on any atom is -0.276 e. The lowest BCUT2D eigenvalue weighted by atomic mass is 10.3. The van der Waals surface area contributed by atoms with E-state index in [1.54, 1.807) is 35.0 Å². The molecule has 106 valence electrons. The van der Waals surface area contributed by atoms with Crippen LogP contribution in [0.5, 0.6) is 0 Å². The molecular weight excluding hydrogens is 372 g/mol. The maximum Gasteiger partial charge on any atom is 0.291 e. The number of nitrogens with zero attached hydrogens (tertiary/aromatic N) is 2. The van der Waals surface area contributed by atoms with Crippen LogP contribution in [0.3, 0.4) is 0 Å². The molecule has 8 heteroatoms. The van der Waals surface area contributed by atoms with Gasteiger partial charge in [-0.3, -0.25) is 9.89 Å². The molecule has 0 aliphatic heterocycles. The molecule has 0 radical (unpaired) electrons. The van der Waals surface area contributed by atoms with Crippen molar-refractivity contribution in [3.8, 4) is 10.6 Å². The fourth-order valence-electron chi connectivity index (χ4n) is 1.60. The highest BCUT2D eigenvalue weighted by atomic mass is 79.9. The van der Waals surface area contributed by atoms with E-state index < -0.39 is 0 Å². The number of nitrogens with one attached hydrogen (secondary N) is 2. The number of halogens is 1. The molecule has 3 heterocycles. The molecule has 3 aromatic heterocycles. The molecule has 0 aliphatic rings. The lowest BCUT2D eigenvalue weighted by molar-refractivity contribution is 0.0950. The molecule has 0 bridgehead atoms. The van der Waals surface area contributed by atoms with Crippen molar-refractivity contribution in [1.82, 2.24) is 15.6 Å². The van der Waals surface area contributed by atoms with Gasteiger partial charge in [-0.25, -0.2) is 5.43 Å². The van der Waals surface area contributed by atoms with Crippen molar-refractivity contribution < 1.29 is 4.79 Å². The van der Waals surface area contributed by atoms with Gasteiger partial charge in [-0.05, 0) is 45.6 Å². The molecule has 5 nitrogen and oxygen atoms in total. The van der Waals surface area contributed by atoms with E-state index >= 15 is 0 Å². The molecule has 0 fully saturated rings. The Morgan fingerprint density at radius 3 is 3.05 bits per heavy atom. The molecule has 2 N–H and O–H groups in total. The first-order chi connectivity index (χ1) is 10.2. The molecule has 0 aliphatic carbocycles. The molecule has 3 aromatic rings.